The summed E-state index contributed by atoms with van der Waals surface area (Å²) >= 11 is 3.47. The van der Waals surface area contributed by atoms with E-state index in [9.17, 15) is 0 Å². The highest BCUT2D eigenvalue weighted by molar-refractivity contribution is 9.09. The molecule has 1 rings (SSSR count). The first kappa shape index (κ1) is 9.45. The Morgan fingerprint density at radius 3 is 2.82 bits per heavy atom. The highest BCUT2D eigenvalue weighted by Gasteiger charge is 2.26. The first-order valence-electron chi connectivity index (χ1n) is 3.67. The maximum atomic E-state index is 5.46. The van der Waals surface area contributed by atoms with Crippen molar-refractivity contribution in [3.8, 4) is 0 Å². The number of hydrogen-bond acceptors (Lipinski definition) is 3. The van der Waals surface area contributed by atoms with Crippen molar-refractivity contribution in [2.75, 3.05) is 33.5 Å². The monoisotopic (exact) mass is 224 g/mol. The molecule has 0 bridgehead atoms. The molecule has 1 fully saturated rings. The molecule has 1 saturated heterocycles. The predicted molar refractivity (Wildman–Crippen MR) is 45.2 cm³/mol. The second kappa shape index (κ2) is 5.09. The van der Waals surface area contributed by atoms with Crippen molar-refractivity contribution in [1.29, 1.82) is 0 Å². The van der Waals surface area contributed by atoms with Crippen LogP contribution in [0, 0.1) is 0 Å². The molecule has 11 heavy (non-hydrogen) atoms. The normalized spacial score (nSPS) is 31.1. The van der Waals surface area contributed by atoms with Gasteiger partial charge >= 0.3 is 0 Å². The zero-order valence-corrected chi connectivity index (χ0v) is 8.17. The molecule has 4 heteroatoms. The summed E-state index contributed by atoms with van der Waals surface area (Å²) in [5, 5.41) is 0. The van der Waals surface area contributed by atoms with Crippen LogP contribution >= 0.6 is 15.9 Å². The first-order valence-corrected chi connectivity index (χ1v) is 4.58. The van der Waals surface area contributed by atoms with Gasteiger partial charge in [0.15, 0.2) is 0 Å². The van der Waals surface area contributed by atoms with Gasteiger partial charge in [-0.2, -0.15) is 0 Å². The SMILES string of the molecule is COCCOC1COCC1Br. The molecule has 66 valence electrons. The summed E-state index contributed by atoms with van der Waals surface area (Å²) in [6.07, 6.45) is 0.199. The van der Waals surface area contributed by atoms with Crippen LogP contribution in [-0.4, -0.2) is 44.5 Å². The van der Waals surface area contributed by atoms with Crippen LogP contribution in [0.15, 0.2) is 0 Å². The Labute approximate surface area is 75.1 Å². The highest BCUT2D eigenvalue weighted by atomic mass is 79.9. The average Bonchev–Trinajstić information content (AvgIpc) is 2.37. The van der Waals surface area contributed by atoms with E-state index in [1.807, 2.05) is 0 Å². The fraction of sp³-hybridized carbons (Fsp3) is 1.00. The molecule has 0 aromatic rings. The molecule has 2 unspecified atom stereocenters. The van der Waals surface area contributed by atoms with E-state index in [1.165, 1.54) is 0 Å². The van der Waals surface area contributed by atoms with E-state index in [-0.39, 0.29) is 6.10 Å². The van der Waals surface area contributed by atoms with Gasteiger partial charge in [0.25, 0.3) is 0 Å². The number of ether oxygens (including phenoxy) is 3. The predicted octanol–water partition coefficient (Wildman–Crippen LogP) is 0.812. The molecule has 2 atom stereocenters. The average molecular weight is 225 g/mol. The summed E-state index contributed by atoms with van der Waals surface area (Å²) in [5.41, 5.74) is 0. The summed E-state index contributed by atoms with van der Waals surface area (Å²) in [5.74, 6) is 0. The van der Waals surface area contributed by atoms with E-state index in [2.05, 4.69) is 15.9 Å². The van der Waals surface area contributed by atoms with E-state index in [4.69, 9.17) is 14.2 Å². The van der Waals surface area contributed by atoms with E-state index >= 15 is 0 Å². The molecule has 0 saturated carbocycles. The van der Waals surface area contributed by atoms with Crippen LogP contribution in [0.25, 0.3) is 0 Å². The Morgan fingerprint density at radius 1 is 1.45 bits per heavy atom. The summed E-state index contributed by atoms with van der Waals surface area (Å²) < 4.78 is 15.5. The van der Waals surface area contributed by atoms with Crippen molar-refractivity contribution >= 4 is 15.9 Å². The number of halogens is 1. The van der Waals surface area contributed by atoms with Gasteiger partial charge in [-0.15, -0.1) is 0 Å². The van der Waals surface area contributed by atoms with Crippen molar-refractivity contribution in [3.63, 3.8) is 0 Å². The molecule has 1 aliphatic rings. The Hall–Kier alpha value is 0.360. The molecule has 0 N–H and O–H groups in total. The van der Waals surface area contributed by atoms with Crippen LogP contribution in [0.3, 0.4) is 0 Å². The van der Waals surface area contributed by atoms with Gasteiger partial charge in [-0.25, -0.2) is 0 Å². The lowest BCUT2D eigenvalue weighted by atomic mass is 10.3. The fourth-order valence-corrected chi connectivity index (χ4v) is 1.44. The van der Waals surface area contributed by atoms with Crippen LogP contribution in [-0.2, 0) is 14.2 Å². The Kier molecular flexibility index (Phi) is 4.37. The van der Waals surface area contributed by atoms with Crippen LogP contribution in [0.4, 0.5) is 0 Å². The lowest BCUT2D eigenvalue weighted by molar-refractivity contribution is 0.0141. The van der Waals surface area contributed by atoms with Crippen molar-refractivity contribution in [1.82, 2.24) is 0 Å². The molecule has 0 aliphatic carbocycles. The zero-order chi connectivity index (χ0) is 8.10. The highest BCUT2D eigenvalue weighted by Crippen LogP contribution is 2.16. The second-order valence-corrected chi connectivity index (χ2v) is 3.63. The third-order valence-corrected chi connectivity index (χ3v) is 2.44. The number of hydrogen-bond donors (Lipinski definition) is 0. The molecule has 3 nitrogen and oxygen atoms in total. The van der Waals surface area contributed by atoms with Crippen molar-refractivity contribution < 1.29 is 14.2 Å². The third kappa shape index (κ3) is 3.07. The third-order valence-electron chi connectivity index (χ3n) is 1.58. The topological polar surface area (TPSA) is 27.7 Å². The molecule has 0 amide bonds. The van der Waals surface area contributed by atoms with Crippen molar-refractivity contribution in [3.05, 3.63) is 0 Å². The summed E-state index contributed by atoms with van der Waals surface area (Å²) in [6.45, 7) is 2.74. The van der Waals surface area contributed by atoms with E-state index in [1.54, 1.807) is 7.11 Å². The number of rotatable bonds is 4. The molecule has 0 spiro atoms. The van der Waals surface area contributed by atoms with Gasteiger partial charge in [-0.1, -0.05) is 15.9 Å². The Bertz CT molecular complexity index is 110. The van der Waals surface area contributed by atoms with Crippen LogP contribution in [0.5, 0.6) is 0 Å². The Balaban J connectivity index is 2.05. The minimum absolute atomic E-state index is 0.199. The van der Waals surface area contributed by atoms with Gasteiger partial charge < -0.3 is 14.2 Å². The molecule has 0 aromatic carbocycles. The van der Waals surface area contributed by atoms with Crippen molar-refractivity contribution in [2.45, 2.75) is 10.9 Å². The van der Waals surface area contributed by atoms with Gasteiger partial charge in [0.2, 0.25) is 0 Å². The maximum absolute atomic E-state index is 5.46. The van der Waals surface area contributed by atoms with E-state index in [0.29, 0.717) is 24.6 Å². The van der Waals surface area contributed by atoms with Crippen LogP contribution < -0.4 is 0 Å². The van der Waals surface area contributed by atoms with E-state index < -0.39 is 0 Å². The summed E-state index contributed by atoms with van der Waals surface area (Å²) in [4.78, 5) is 0.347. The minimum atomic E-state index is 0.199. The second-order valence-electron chi connectivity index (χ2n) is 2.46. The standard InChI is InChI=1S/C7H13BrO3/c1-9-2-3-11-7-5-10-4-6(7)8/h6-7H,2-5H2,1H3. The van der Waals surface area contributed by atoms with Gasteiger partial charge in [-0.05, 0) is 0 Å². The molecule has 0 radical (unpaired) electrons. The number of alkyl halides is 1. The zero-order valence-electron chi connectivity index (χ0n) is 6.59. The van der Waals surface area contributed by atoms with Gasteiger partial charge in [0, 0.05) is 7.11 Å². The largest absolute Gasteiger partial charge is 0.382 e. The van der Waals surface area contributed by atoms with Crippen LogP contribution in [0.2, 0.25) is 0 Å². The minimum Gasteiger partial charge on any atom is -0.382 e. The Morgan fingerprint density at radius 2 is 2.27 bits per heavy atom. The maximum Gasteiger partial charge on any atom is 0.0956 e. The molecule has 0 aromatic heterocycles. The lowest BCUT2D eigenvalue weighted by Crippen LogP contribution is -2.23. The number of methoxy groups -OCH3 is 1. The molecular weight excluding hydrogens is 212 g/mol. The fourth-order valence-electron chi connectivity index (χ4n) is 0.944. The van der Waals surface area contributed by atoms with Crippen LogP contribution in [0.1, 0.15) is 0 Å². The quantitative estimate of drug-likeness (QED) is 0.523. The van der Waals surface area contributed by atoms with Crippen molar-refractivity contribution in [2.24, 2.45) is 0 Å². The first-order chi connectivity index (χ1) is 5.34. The summed E-state index contributed by atoms with van der Waals surface area (Å²) in [7, 11) is 1.67. The van der Waals surface area contributed by atoms with E-state index in [0.717, 1.165) is 6.61 Å². The molecule has 1 aliphatic heterocycles. The summed E-state index contributed by atoms with van der Waals surface area (Å²) in [6, 6.07) is 0. The van der Waals surface area contributed by atoms with Gasteiger partial charge in [-0.3, -0.25) is 0 Å². The lowest BCUT2D eigenvalue weighted by Gasteiger charge is -2.12. The van der Waals surface area contributed by atoms with Gasteiger partial charge in [0.1, 0.15) is 0 Å². The smallest absolute Gasteiger partial charge is 0.0956 e. The van der Waals surface area contributed by atoms with Gasteiger partial charge in [0.05, 0.1) is 37.4 Å². The molecular formula is C7H13BrO3. The molecule has 1 heterocycles.